The smallest absolute Gasteiger partial charge is 0.123 e. The summed E-state index contributed by atoms with van der Waals surface area (Å²) in [5.74, 6) is -0.246. The van der Waals surface area contributed by atoms with E-state index in [1.54, 1.807) is 12.1 Å². The third kappa shape index (κ3) is 5.92. The van der Waals surface area contributed by atoms with E-state index < -0.39 is 0 Å². The molecule has 11 aromatic rings. The molecule has 0 amide bonds. The van der Waals surface area contributed by atoms with Crippen molar-refractivity contribution in [3.8, 4) is 50.3 Å². The summed E-state index contributed by atoms with van der Waals surface area (Å²) in [6.45, 7) is 4.68. The molecule has 12 rings (SSSR count). The van der Waals surface area contributed by atoms with Crippen molar-refractivity contribution in [3.63, 3.8) is 0 Å². The average Bonchev–Trinajstić information content (AvgIpc) is 3.82. The lowest BCUT2D eigenvalue weighted by atomic mass is 9.82. The highest BCUT2D eigenvalue weighted by molar-refractivity contribution is 6.30. The Kier molecular flexibility index (Phi) is 8.74. The van der Waals surface area contributed by atoms with E-state index in [0.29, 0.717) is 0 Å². The molecule has 304 valence electrons. The summed E-state index contributed by atoms with van der Waals surface area (Å²) in [7, 11) is 0. The Hall–Kier alpha value is -8.01. The number of para-hydroxylation sites is 1. The minimum atomic E-state index is -0.246. The molecule has 0 spiro atoms. The first-order valence-corrected chi connectivity index (χ1v) is 22.0. The highest BCUT2D eigenvalue weighted by Crippen LogP contribution is 2.52. The second kappa shape index (κ2) is 14.8. The number of aromatic nitrogens is 1. The van der Waals surface area contributed by atoms with Crippen LogP contribution < -0.4 is 4.90 Å². The number of hydrogen-bond acceptors (Lipinski definition) is 1. The van der Waals surface area contributed by atoms with Crippen molar-refractivity contribution >= 4 is 49.5 Å². The summed E-state index contributed by atoms with van der Waals surface area (Å²) in [6.07, 6.45) is 0. The first kappa shape index (κ1) is 37.7. The van der Waals surface area contributed by atoms with Crippen LogP contribution in [0.3, 0.4) is 0 Å². The zero-order valence-corrected chi connectivity index (χ0v) is 35.6. The number of anilines is 3. The van der Waals surface area contributed by atoms with Crippen molar-refractivity contribution in [2.24, 2.45) is 0 Å². The highest BCUT2D eigenvalue weighted by Gasteiger charge is 2.36. The van der Waals surface area contributed by atoms with Gasteiger partial charge in [-0.25, -0.2) is 4.39 Å². The van der Waals surface area contributed by atoms with Crippen molar-refractivity contribution < 1.29 is 4.39 Å². The lowest BCUT2D eigenvalue weighted by Crippen LogP contribution is -2.16. The molecule has 0 atom stereocenters. The maximum Gasteiger partial charge on any atom is 0.123 e. The number of fused-ring (bicyclic) bond motifs is 9. The standard InChI is InChI=1S/C61H43FN2/c1-61(2)55-25-15-14-23-50(55)51-37-35-48(39-56(51)61)63(46-31-26-41(27-32-46)40-16-6-3-7-17-40)47-33-28-42(29-34-47)57-58-52-36-30-44(62)38-54(52)49-22-12-13-24-53(49)60(58)64(45-20-10-5-11-21-45)59(57)43-18-8-4-9-19-43/h3-39H,1-2H3. The van der Waals surface area contributed by atoms with Crippen LogP contribution in [0.2, 0.25) is 0 Å². The molecule has 2 nitrogen and oxygen atoms in total. The topological polar surface area (TPSA) is 8.17 Å². The molecular formula is C61H43FN2. The van der Waals surface area contributed by atoms with Crippen LogP contribution in [0.5, 0.6) is 0 Å². The molecule has 0 fully saturated rings. The molecule has 1 heterocycles. The molecule has 1 aliphatic carbocycles. The number of halogens is 1. The highest BCUT2D eigenvalue weighted by atomic mass is 19.1. The van der Waals surface area contributed by atoms with Crippen molar-refractivity contribution in [1.82, 2.24) is 4.57 Å². The van der Waals surface area contributed by atoms with Crippen LogP contribution in [-0.2, 0) is 5.41 Å². The van der Waals surface area contributed by atoms with Crippen molar-refractivity contribution in [3.05, 3.63) is 241 Å². The molecule has 10 aromatic carbocycles. The first-order chi connectivity index (χ1) is 31.4. The minimum Gasteiger partial charge on any atom is -0.310 e. The van der Waals surface area contributed by atoms with Crippen LogP contribution in [0.15, 0.2) is 224 Å². The molecular weight excluding hydrogens is 780 g/mol. The van der Waals surface area contributed by atoms with Gasteiger partial charge < -0.3 is 9.47 Å². The summed E-state index contributed by atoms with van der Waals surface area (Å²) in [5.41, 5.74) is 17.3. The molecule has 0 radical (unpaired) electrons. The maximum atomic E-state index is 15.3. The van der Waals surface area contributed by atoms with E-state index >= 15 is 4.39 Å². The predicted octanol–water partition coefficient (Wildman–Crippen LogP) is 16.9. The van der Waals surface area contributed by atoms with E-state index in [-0.39, 0.29) is 11.2 Å². The van der Waals surface area contributed by atoms with E-state index in [2.05, 4.69) is 224 Å². The van der Waals surface area contributed by atoms with E-state index in [4.69, 9.17) is 0 Å². The molecule has 3 heteroatoms. The Labute approximate surface area is 372 Å². The van der Waals surface area contributed by atoms with E-state index in [1.165, 1.54) is 33.4 Å². The minimum absolute atomic E-state index is 0.148. The summed E-state index contributed by atoms with van der Waals surface area (Å²) in [4.78, 5) is 2.38. The normalized spacial score (nSPS) is 12.7. The number of benzene rings is 10. The lowest BCUT2D eigenvalue weighted by molar-refractivity contribution is 0.630. The Balaban J connectivity index is 1.10. The summed E-state index contributed by atoms with van der Waals surface area (Å²) in [5, 5.41) is 5.11. The van der Waals surface area contributed by atoms with Gasteiger partial charge in [-0.2, -0.15) is 0 Å². The monoisotopic (exact) mass is 822 g/mol. The molecule has 0 aliphatic heterocycles. The SMILES string of the molecule is CC1(C)c2ccccc2-c2ccc(N(c3ccc(-c4ccccc4)cc3)c3ccc(-c4c(-c5ccccc5)n(-c5ccccc5)c5c6ccccc6c6cc(F)ccc6c45)cc3)cc21. The maximum absolute atomic E-state index is 15.3. The van der Waals surface area contributed by atoms with Crippen molar-refractivity contribution in [1.29, 1.82) is 0 Å². The quantitative estimate of drug-likeness (QED) is 0.145. The third-order valence-corrected chi connectivity index (χ3v) is 13.4. The van der Waals surface area contributed by atoms with Gasteiger partial charge in [-0.3, -0.25) is 0 Å². The Morgan fingerprint density at radius 3 is 1.66 bits per heavy atom. The van der Waals surface area contributed by atoms with Crippen LogP contribution in [0.25, 0.3) is 82.8 Å². The van der Waals surface area contributed by atoms with Crippen LogP contribution >= 0.6 is 0 Å². The Bertz CT molecular complexity index is 3550. The summed E-state index contributed by atoms with van der Waals surface area (Å²) in [6, 6.07) is 79.4. The first-order valence-electron chi connectivity index (χ1n) is 22.0. The van der Waals surface area contributed by atoms with Gasteiger partial charge in [-0.1, -0.05) is 178 Å². The van der Waals surface area contributed by atoms with Crippen LogP contribution in [-0.4, -0.2) is 4.57 Å². The third-order valence-electron chi connectivity index (χ3n) is 13.4. The van der Waals surface area contributed by atoms with E-state index in [9.17, 15) is 0 Å². The molecule has 0 N–H and O–H groups in total. The van der Waals surface area contributed by atoms with Gasteiger partial charge in [0.25, 0.3) is 0 Å². The Morgan fingerprint density at radius 1 is 0.406 bits per heavy atom. The van der Waals surface area contributed by atoms with E-state index in [1.807, 2.05) is 12.1 Å². The van der Waals surface area contributed by atoms with Gasteiger partial charge in [0.2, 0.25) is 0 Å². The van der Waals surface area contributed by atoms with Gasteiger partial charge in [0.15, 0.2) is 0 Å². The van der Waals surface area contributed by atoms with Gasteiger partial charge in [0.05, 0.1) is 11.2 Å². The predicted molar refractivity (Wildman–Crippen MR) is 267 cm³/mol. The zero-order chi connectivity index (χ0) is 42.9. The van der Waals surface area contributed by atoms with Crippen LogP contribution in [0.4, 0.5) is 21.5 Å². The second-order valence-electron chi connectivity index (χ2n) is 17.4. The Morgan fingerprint density at radius 2 is 0.953 bits per heavy atom. The van der Waals surface area contributed by atoms with Crippen LogP contribution in [0.1, 0.15) is 25.0 Å². The molecule has 1 aromatic heterocycles. The second-order valence-corrected chi connectivity index (χ2v) is 17.4. The molecule has 1 aliphatic rings. The molecule has 0 unspecified atom stereocenters. The zero-order valence-electron chi connectivity index (χ0n) is 35.6. The average molecular weight is 823 g/mol. The fourth-order valence-electron chi connectivity index (χ4n) is 10.4. The molecule has 0 bridgehead atoms. The fourth-order valence-corrected chi connectivity index (χ4v) is 10.4. The number of nitrogens with zero attached hydrogens (tertiary/aromatic N) is 2. The number of rotatable bonds is 7. The van der Waals surface area contributed by atoms with E-state index in [0.717, 1.165) is 77.6 Å². The molecule has 0 saturated carbocycles. The van der Waals surface area contributed by atoms with Crippen molar-refractivity contribution in [2.75, 3.05) is 4.90 Å². The largest absolute Gasteiger partial charge is 0.310 e. The summed E-state index contributed by atoms with van der Waals surface area (Å²) < 4.78 is 17.7. The van der Waals surface area contributed by atoms with Gasteiger partial charge >= 0.3 is 0 Å². The van der Waals surface area contributed by atoms with Gasteiger partial charge in [-0.15, -0.1) is 0 Å². The van der Waals surface area contributed by atoms with Gasteiger partial charge in [0.1, 0.15) is 5.82 Å². The molecule has 64 heavy (non-hydrogen) atoms. The van der Waals surface area contributed by atoms with Crippen molar-refractivity contribution in [2.45, 2.75) is 19.3 Å². The molecule has 0 saturated heterocycles. The fraction of sp³-hybridized carbons (Fsp3) is 0.0492. The summed E-state index contributed by atoms with van der Waals surface area (Å²) >= 11 is 0. The lowest BCUT2D eigenvalue weighted by Gasteiger charge is -2.28. The van der Waals surface area contributed by atoms with Gasteiger partial charge in [-0.05, 0) is 121 Å². The number of hydrogen-bond donors (Lipinski definition) is 0. The van der Waals surface area contributed by atoms with Crippen LogP contribution in [0, 0.1) is 5.82 Å². The van der Waals surface area contributed by atoms with Gasteiger partial charge in [0, 0.05) is 44.5 Å².